The summed E-state index contributed by atoms with van der Waals surface area (Å²) in [5.74, 6) is 0.765. The summed E-state index contributed by atoms with van der Waals surface area (Å²) in [5, 5.41) is 8.77. The van der Waals surface area contributed by atoms with E-state index in [2.05, 4.69) is 15.6 Å². The quantitative estimate of drug-likeness (QED) is 0.237. The van der Waals surface area contributed by atoms with Gasteiger partial charge < -0.3 is 20.1 Å². The third-order valence-electron chi connectivity index (χ3n) is 5.00. The first-order chi connectivity index (χ1) is 17.4. The predicted molar refractivity (Wildman–Crippen MR) is 146 cm³/mol. The van der Waals surface area contributed by atoms with Gasteiger partial charge in [0.2, 0.25) is 5.91 Å². The molecule has 1 aromatic heterocycles. The molecule has 4 aromatic rings. The van der Waals surface area contributed by atoms with E-state index in [-0.39, 0.29) is 17.6 Å². The molecule has 4 rings (SSSR count). The van der Waals surface area contributed by atoms with Gasteiger partial charge in [-0.05, 0) is 48.5 Å². The van der Waals surface area contributed by atoms with Crippen molar-refractivity contribution in [3.8, 4) is 22.8 Å². The lowest BCUT2D eigenvalue weighted by Crippen LogP contribution is -2.14. The zero-order valence-corrected chi connectivity index (χ0v) is 21.8. The molecule has 184 valence electrons. The Kier molecular flexibility index (Phi) is 8.48. The summed E-state index contributed by atoms with van der Waals surface area (Å²) < 4.78 is 10.5. The molecule has 0 spiro atoms. The number of carbonyl (C=O) groups excluding carboxylic acids is 2. The van der Waals surface area contributed by atoms with Crippen molar-refractivity contribution < 1.29 is 19.1 Å². The van der Waals surface area contributed by atoms with Gasteiger partial charge in [0.1, 0.15) is 0 Å². The van der Waals surface area contributed by atoms with E-state index in [1.807, 2.05) is 35.7 Å². The van der Waals surface area contributed by atoms with Gasteiger partial charge in [-0.25, -0.2) is 4.98 Å². The molecule has 0 aliphatic carbocycles. The highest BCUT2D eigenvalue weighted by Gasteiger charge is 2.12. The number of hydrogen-bond acceptors (Lipinski definition) is 7. The van der Waals surface area contributed by atoms with E-state index < -0.39 is 0 Å². The molecule has 7 nitrogen and oxygen atoms in total. The maximum atomic E-state index is 12.7. The second-order valence-electron chi connectivity index (χ2n) is 7.43. The fourth-order valence-electron chi connectivity index (χ4n) is 3.23. The van der Waals surface area contributed by atoms with Crippen molar-refractivity contribution in [2.24, 2.45) is 0 Å². The Balaban J connectivity index is 1.32. The molecule has 0 bridgehead atoms. The van der Waals surface area contributed by atoms with Crippen LogP contribution in [0.5, 0.6) is 11.5 Å². The van der Waals surface area contributed by atoms with E-state index in [0.717, 1.165) is 16.2 Å². The predicted octanol–water partition coefficient (Wildman–Crippen LogP) is 6.46. The summed E-state index contributed by atoms with van der Waals surface area (Å²) in [6.07, 6.45) is 0. The zero-order valence-electron chi connectivity index (χ0n) is 19.4. The molecular weight excluding hydrogens is 518 g/mol. The Hall–Kier alpha value is -3.53. The maximum Gasteiger partial charge on any atom is 0.255 e. The molecule has 0 saturated carbocycles. The Bertz CT molecular complexity index is 1380. The normalized spacial score (nSPS) is 10.5. The summed E-state index contributed by atoms with van der Waals surface area (Å²) in [7, 11) is 3.06. The Labute approximate surface area is 221 Å². The van der Waals surface area contributed by atoms with E-state index in [0.29, 0.717) is 32.9 Å². The van der Waals surface area contributed by atoms with Crippen LogP contribution in [0.15, 0.2) is 77.0 Å². The lowest BCUT2D eigenvalue weighted by atomic mass is 10.2. The SMILES string of the molecule is COc1ccc(C(=O)Nc2cccc(SCC(=O)Nc3nc(-c4ccc(Cl)cc4)cs3)c2)cc1OC. The minimum absolute atomic E-state index is 0.170. The van der Waals surface area contributed by atoms with Gasteiger partial charge in [0.05, 0.1) is 25.7 Å². The molecule has 2 N–H and O–H groups in total. The van der Waals surface area contributed by atoms with Gasteiger partial charge in [-0.3, -0.25) is 9.59 Å². The van der Waals surface area contributed by atoms with Crippen LogP contribution in [-0.4, -0.2) is 36.8 Å². The molecule has 0 aliphatic heterocycles. The van der Waals surface area contributed by atoms with Crippen LogP contribution in [0, 0.1) is 0 Å². The number of nitrogens with zero attached hydrogens (tertiary/aromatic N) is 1. The molecule has 3 aromatic carbocycles. The summed E-state index contributed by atoms with van der Waals surface area (Å²) in [6, 6.07) is 19.6. The zero-order chi connectivity index (χ0) is 25.5. The van der Waals surface area contributed by atoms with E-state index in [4.69, 9.17) is 21.1 Å². The first-order valence-corrected chi connectivity index (χ1v) is 13.0. The van der Waals surface area contributed by atoms with E-state index in [1.54, 1.807) is 36.4 Å². The number of thioether (sulfide) groups is 1. The number of benzene rings is 3. The van der Waals surface area contributed by atoms with E-state index >= 15 is 0 Å². The summed E-state index contributed by atoms with van der Waals surface area (Å²) >= 11 is 8.66. The van der Waals surface area contributed by atoms with Crippen LogP contribution in [0.1, 0.15) is 10.4 Å². The first-order valence-electron chi connectivity index (χ1n) is 10.7. The number of thiazole rings is 1. The van der Waals surface area contributed by atoms with Crippen molar-refractivity contribution in [2.75, 3.05) is 30.6 Å². The van der Waals surface area contributed by atoms with E-state index in [9.17, 15) is 9.59 Å². The van der Waals surface area contributed by atoms with Gasteiger partial charge in [0.25, 0.3) is 5.91 Å². The van der Waals surface area contributed by atoms with Crippen molar-refractivity contribution in [3.63, 3.8) is 0 Å². The minimum Gasteiger partial charge on any atom is -0.493 e. The lowest BCUT2D eigenvalue weighted by molar-refractivity contribution is -0.113. The van der Waals surface area contributed by atoms with Crippen molar-refractivity contribution >= 4 is 57.3 Å². The van der Waals surface area contributed by atoms with E-state index in [1.165, 1.54) is 37.3 Å². The number of anilines is 2. The molecule has 36 heavy (non-hydrogen) atoms. The van der Waals surface area contributed by atoms with Crippen LogP contribution in [0.4, 0.5) is 10.8 Å². The summed E-state index contributed by atoms with van der Waals surface area (Å²) in [4.78, 5) is 30.5. The fourth-order valence-corrected chi connectivity index (χ4v) is 4.85. The van der Waals surface area contributed by atoms with Gasteiger partial charge in [-0.2, -0.15) is 0 Å². The van der Waals surface area contributed by atoms with Crippen molar-refractivity contribution in [1.82, 2.24) is 4.98 Å². The molecule has 0 aliphatic rings. The molecule has 0 unspecified atom stereocenters. The molecule has 0 fully saturated rings. The van der Waals surface area contributed by atoms with Gasteiger partial charge in [0, 0.05) is 32.1 Å². The second kappa shape index (κ2) is 11.9. The van der Waals surface area contributed by atoms with Gasteiger partial charge in [0.15, 0.2) is 16.6 Å². The maximum absolute atomic E-state index is 12.7. The van der Waals surface area contributed by atoms with Gasteiger partial charge in [-0.15, -0.1) is 23.1 Å². The molecule has 0 saturated heterocycles. The number of carbonyl (C=O) groups is 2. The third kappa shape index (κ3) is 6.57. The van der Waals surface area contributed by atoms with Crippen molar-refractivity contribution in [1.29, 1.82) is 0 Å². The summed E-state index contributed by atoms with van der Waals surface area (Å²) in [6.45, 7) is 0. The van der Waals surface area contributed by atoms with Crippen molar-refractivity contribution in [3.05, 3.63) is 82.7 Å². The van der Waals surface area contributed by atoms with Crippen LogP contribution in [0.2, 0.25) is 5.02 Å². The second-order valence-corrected chi connectivity index (χ2v) is 9.78. The van der Waals surface area contributed by atoms with Crippen LogP contribution in [0.3, 0.4) is 0 Å². The number of hydrogen-bond donors (Lipinski definition) is 2. The smallest absolute Gasteiger partial charge is 0.255 e. The largest absolute Gasteiger partial charge is 0.493 e. The van der Waals surface area contributed by atoms with Crippen LogP contribution in [0.25, 0.3) is 11.3 Å². The number of halogens is 1. The lowest BCUT2D eigenvalue weighted by Gasteiger charge is -2.10. The number of rotatable bonds is 9. The highest BCUT2D eigenvalue weighted by Crippen LogP contribution is 2.29. The average Bonchev–Trinajstić information content (AvgIpc) is 3.36. The summed E-state index contributed by atoms with van der Waals surface area (Å²) in [5.41, 5.74) is 2.76. The minimum atomic E-state index is -0.281. The molecule has 1 heterocycles. The molecule has 0 radical (unpaired) electrons. The molecular formula is C26H22ClN3O4S2. The monoisotopic (exact) mass is 539 g/mol. The topological polar surface area (TPSA) is 89.5 Å². The highest BCUT2D eigenvalue weighted by molar-refractivity contribution is 8.00. The van der Waals surface area contributed by atoms with Crippen molar-refractivity contribution in [2.45, 2.75) is 4.90 Å². The number of nitrogens with one attached hydrogen (secondary N) is 2. The fraction of sp³-hybridized carbons (Fsp3) is 0.115. The van der Waals surface area contributed by atoms with Crippen LogP contribution < -0.4 is 20.1 Å². The molecule has 0 atom stereocenters. The first kappa shape index (κ1) is 25.6. The standard InChI is InChI=1S/C26H22ClN3O4S2/c1-33-22-11-8-17(12-23(22)34-2)25(32)28-19-4-3-5-20(13-19)35-15-24(31)30-26-29-21(14-36-26)16-6-9-18(27)10-7-16/h3-14H,15H2,1-2H3,(H,28,32)(H,29,30,31). The number of methoxy groups -OCH3 is 2. The Morgan fingerprint density at radius 3 is 2.50 bits per heavy atom. The third-order valence-corrected chi connectivity index (χ3v) is 7.00. The van der Waals surface area contributed by atoms with Gasteiger partial charge in [-0.1, -0.05) is 29.8 Å². The number of ether oxygens (including phenoxy) is 2. The highest BCUT2D eigenvalue weighted by atomic mass is 35.5. The van der Waals surface area contributed by atoms with Crippen LogP contribution in [-0.2, 0) is 4.79 Å². The average molecular weight is 540 g/mol. The molecule has 10 heteroatoms. The Morgan fingerprint density at radius 1 is 0.972 bits per heavy atom. The number of amides is 2. The van der Waals surface area contributed by atoms with Crippen LogP contribution >= 0.6 is 34.7 Å². The Morgan fingerprint density at radius 2 is 1.75 bits per heavy atom. The number of aromatic nitrogens is 1. The van der Waals surface area contributed by atoms with Gasteiger partial charge >= 0.3 is 0 Å². The molecule has 2 amide bonds.